The Morgan fingerprint density at radius 2 is 2.00 bits per heavy atom. The maximum atomic E-state index is 12.5. The second kappa shape index (κ2) is 5.85. The highest BCUT2D eigenvalue weighted by Crippen LogP contribution is 2.21. The van der Waals surface area contributed by atoms with E-state index in [1.54, 1.807) is 4.90 Å². The van der Waals surface area contributed by atoms with Crippen molar-refractivity contribution in [1.82, 2.24) is 19.8 Å². The van der Waals surface area contributed by atoms with Crippen LogP contribution in [0.4, 0.5) is 0 Å². The van der Waals surface area contributed by atoms with Crippen molar-refractivity contribution in [2.75, 3.05) is 26.2 Å². The molecule has 2 fully saturated rings. The summed E-state index contributed by atoms with van der Waals surface area (Å²) >= 11 is 0. The van der Waals surface area contributed by atoms with Crippen LogP contribution in [0.5, 0.6) is 0 Å². The minimum absolute atomic E-state index is 0.0181. The molecule has 1 atom stereocenters. The fourth-order valence-electron chi connectivity index (χ4n) is 3.31. The van der Waals surface area contributed by atoms with Crippen LogP contribution >= 0.6 is 0 Å². The number of carbonyl (C=O) groups is 2. The van der Waals surface area contributed by atoms with Crippen LogP contribution in [0.2, 0.25) is 0 Å². The van der Waals surface area contributed by atoms with Crippen LogP contribution in [-0.2, 0) is 0 Å². The van der Waals surface area contributed by atoms with E-state index in [1.165, 1.54) is 19.2 Å². The number of H-pyrrole nitrogens is 1. The fourth-order valence-corrected chi connectivity index (χ4v) is 3.31. The van der Waals surface area contributed by atoms with Crippen molar-refractivity contribution in [1.29, 1.82) is 0 Å². The molecule has 3 rings (SSSR count). The van der Waals surface area contributed by atoms with Crippen molar-refractivity contribution < 1.29 is 14.7 Å². The van der Waals surface area contributed by atoms with Crippen molar-refractivity contribution in [3.05, 3.63) is 17.7 Å². The van der Waals surface area contributed by atoms with E-state index in [9.17, 15) is 9.59 Å². The number of carboxylic acid groups (broad SMARTS) is 1. The Morgan fingerprint density at radius 1 is 1.24 bits per heavy atom. The molecule has 1 aromatic rings. The summed E-state index contributed by atoms with van der Waals surface area (Å²) in [6.45, 7) is 3.56. The number of hydrogen-bond donors (Lipinski definition) is 2. The lowest BCUT2D eigenvalue weighted by molar-refractivity contribution is 0.0586. The number of piperidine rings is 1. The third-order valence-corrected chi connectivity index (χ3v) is 4.40. The molecule has 2 N–H and O–H groups in total. The topological polar surface area (TPSA) is 89.5 Å². The van der Waals surface area contributed by atoms with Gasteiger partial charge >= 0.3 is 5.97 Å². The number of nitrogens with one attached hydrogen (secondary N) is 1. The van der Waals surface area contributed by atoms with Gasteiger partial charge in [-0.2, -0.15) is 0 Å². The second-order valence-corrected chi connectivity index (χ2v) is 5.72. The van der Waals surface area contributed by atoms with Crippen molar-refractivity contribution in [2.24, 2.45) is 0 Å². The Balaban J connectivity index is 1.72. The first-order chi connectivity index (χ1) is 10.2. The molecule has 2 aliphatic rings. The zero-order chi connectivity index (χ0) is 14.8. The molecule has 0 aromatic carbocycles. The molecule has 21 heavy (non-hydrogen) atoms. The molecule has 7 nitrogen and oxygen atoms in total. The first kappa shape index (κ1) is 14.1. The highest BCUT2D eigenvalue weighted by atomic mass is 16.4. The maximum Gasteiger partial charge on any atom is 0.354 e. The number of aromatic amines is 1. The van der Waals surface area contributed by atoms with Crippen molar-refractivity contribution >= 4 is 11.9 Å². The number of nitrogens with zero attached hydrogens (tertiary/aromatic N) is 3. The number of aromatic carboxylic acids is 1. The summed E-state index contributed by atoms with van der Waals surface area (Å²) < 4.78 is 0. The van der Waals surface area contributed by atoms with Crippen molar-refractivity contribution in [3.8, 4) is 0 Å². The van der Waals surface area contributed by atoms with Crippen molar-refractivity contribution in [2.45, 2.75) is 31.7 Å². The highest BCUT2D eigenvalue weighted by Gasteiger charge is 2.32. The SMILES string of the molecule is O=C(O)c1[nH]cnc1C(=O)N1CCCC(N2CCCC2)C1. The largest absolute Gasteiger partial charge is 0.477 e. The van der Waals surface area contributed by atoms with E-state index in [0.717, 1.165) is 25.9 Å². The predicted molar refractivity (Wildman–Crippen MR) is 75.3 cm³/mol. The van der Waals surface area contributed by atoms with Gasteiger partial charge in [-0.3, -0.25) is 9.69 Å². The van der Waals surface area contributed by atoms with Gasteiger partial charge in [0, 0.05) is 19.1 Å². The first-order valence-electron chi connectivity index (χ1n) is 7.47. The average Bonchev–Trinajstić information content (AvgIpc) is 3.17. The number of rotatable bonds is 3. The molecule has 114 valence electrons. The maximum absolute atomic E-state index is 12.5. The molecular weight excluding hydrogens is 272 g/mol. The third-order valence-electron chi connectivity index (χ3n) is 4.40. The van der Waals surface area contributed by atoms with Gasteiger partial charge in [0.05, 0.1) is 6.33 Å². The van der Waals surface area contributed by atoms with Crippen LogP contribution in [0.25, 0.3) is 0 Å². The third kappa shape index (κ3) is 2.78. The summed E-state index contributed by atoms with van der Waals surface area (Å²) in [4.78, 5) is 34.2. The van der Waals surface area contributed by atoms with Crippen molar-refractivity contribution in [3.63, 3.8) is 0 Å². The summed E-state index contributed by atoms with van der Waals surface area (Å²) in [5.74, 6) is -1.43. The number of aromatic nitrogens is 2. The van der Waals surface area contributed by atoms with Gasteiger partial charge in [0.2, 0.25) is 0 Å². The van der Waals surface area contributed by atoms with E-state index in [1.807, 2.05) is 0 Å². The number of amides is 1. The fraction of sp³-hybridized carbons (Fsp3) is 0.643. The van der Waals surface area contributed by atoms with Crippen LogP contribution in [0, 0.1) is 0 Å². The predicted octanol–water partition coefficient (Wildman–Crippen LogP) is 0.808. The zero-order valence-electron chi connectivity index (χ0n) is 11.9. The number of carbonyl (C=O) groups excluding carboxylic acids is 1. The Labute approximate surface area is 122 Å². The molecule has 0 aliphatic carbocycles. The minimum atomic E-state index is -1.15. The summed E-state index contributed by atoms with van der Waals surface area (Å²) in [5, 5.41) is 9.08. The molecule has 1 unspecified atom stereocenters. The van der Waals surface area contributed by atoms with E-state index in [0.29, 0.717) is 19.1 Å². The molecule has 7 heteroatoms. The molecule has 0 saturated carbocycles. The Bertz CT molecular complexity index is 536. The lowest BCUT2D eigenvalue weighted by Crippen LogP contribution is -2.49. The molecule has 3 heterocycles. The molecular formula is C14H20N4O3. The number of carboxylic acids is 1. The minimum Gasteiger partial charge on any atom is -0.477 e. The Morgan fingerprint density at radius 3 is 2.71 bits per heavy atom. The number of hydrogen-bond acceptors (Lipinski definition) is 4. The van der Waals surface area contributed by atoms with Crippen LogP contribution in [0.3, 0.4) is 0 Å². The van der Waals surface area contributed by atoms with Crippen LogP contribution in [-0.4, -0.2) is 69.0 Å². The molecule has 2 saturated heterocycles. The molecule has 1 amide bonds. The quantitative estimate of drug-likeness (QED) is 0.860. The lowest BCUT2D eigenvalue weighted by Gasteiger charge is -2.37. The van der Waals surface area contributed by atoms with E-state index >= 15 is 0 Å². The normalized spacial score (nSPS) is 23.4. The summed E-state index contributed by atoms with van der Waals surface area (Å²) in [6, 6.07) is 0.400. The van der Waals surface area contributed by atoms with E-state index in [2.05, 4.69) is 14.9 Å². The molecule has 1 aromatic heterocycles. The van der Waals surface area contributed by atoms with Gasteiger partial charge in [-0.1, -0.05) is 0 Å². The molecule has 0 bridgehead atoms. The van der Waals surface area contributed by atoms with Gasteiger partial charge in [0.1, 0.15) is 0 Å². The molecule has 0 radical (unpaired) electrons. The van der Waals surface area contributed by atoms with Crippen LogP contribution in [0.1, 0.15) is 46.7 Å². The Hall–Kier alpha value is -1.89. The van der Waals surface area contributed by atoms with E-state index in [4.69, 9.17) is 5.11 Å². The number of imidazole rings is 1. The smallest absolute Gasteiger partial charge is 0.354 e. The highest BCUT2D eigenvalue weighted by molar-refractivity contribution is 6.02. The number of likely N-dealkylation sites (tertiary alicyclic amines) is 2. The summed E-state index contributed by atoms with van der Waals surface area (Å²) in [6.07, 6.45) is 5.79. The average molecular weight is 292 g/mol. The summed E-state index contributed by atoms with van der Waals surface area (Å²) in [7, 11) is 0. The van der Waals surface area contributed by atoms with Gasteiger partial charge < -0.3 is 15.0 Å². The lowest BCUT2D eigenvalue weighted by atomic mass is 10.0. The van der Waals surface area contributed by atoms with E-state index < -0.39 is 5.97 Å². The van der Waals surface area contributed by atoms with Gasteiger partial charge in [0.25, 0.3) is 5.91 Å². The van der Waals surface area contributed by atoms with Crippen LogP contribution < -0.4 is 0 Å². The molecule has 2 aliphatic heterocycles. The monoisotopic (exact) mass is 292 g/mol. The Kier molecular flexibility index (Phi) is 3.92. The van der Waals surface area contributed by atoms with Crippen LogP contribution in [0.15, 0.2) is 6.33 Å². The van der Waals surface area contributed by atoms with Gasteiger partial charge in [-0.05, 0) is 38.8 Å². The molecule has 0 spiro atoms. The van der Waals surface area contributed by atoms with Gasteiger partial charge in [0.15, 0.2) is 11.4 Å². The standard InChI is InChI=1S/C14H20N4O3/c19-13(11-12(14(20)21)16-9-15-11)18-7-3-4-10(8-18)17-5-1-2-6-17/h9-10H,1-8H2,(H,15,16)(H,20,21). The zero-order valence-corrected chi connectivity index (χ0v) is 11.9. The second-order valence-electron chi connectivity index (χ2n) is 5.72. The van der Waals surface area contributed by atoms with Gasteiger partial charge in [-0.25, -0.2) is 9.78 Å². The van der Waals surface area contributed by atoms with Gasteiger partial charge in [-0.15, -0.1) is 0 Å². The van der Waals surface area contributed by atoms with E-state index in [-0.39, 0.29) is 17.3 Å². The summed E-state index contributed by atoms with van der Waals surface area (Å²) in [5.41, 5.74) is -0.104. The first-order valence-corrected chi connectivity index (χ1v) is 7.47.